The normalized spacial score (nSPS) is 15.8. The van der Waals surface area contributed by atoms with E-state index in [1.165, 1.54) is 0 Å². The summed E-state index contributed by atoms with van der Waals surface area (Å²) in [5.41, 5.74) is 1.49. The maximum Gasteiger partial charge on any atom is 0.163 e. The summed E-state index contributed by atoms with van der Waals surface area (Å²) in [4.78, 5) is 4.48. The Morgan fingerprint density at radius 3 is 2.12 bits per heavy atom. The molecule has 26 heavy (non-hydrogen) atoms. The summed E-state index contributed by atoms with van der Waals surface area (Å²) in [6, 6.07) is 10.1. The third-order valence-electron chi connectivity index (χ3n) is 4.77. The average Bonchev–Trinajstić information content (AvgIpc) is 2.67. The first-order valence-corrected chi connectivity index (χ1v) is 8.69. The van der Waals surface area contributed by atoms with E-state index < -0.39 is 11.6 Å². The summed E-state index contributed by atoms with van der Waals surface area (Å²) >= 11 is 0. The minimum Gasteiger partial charge on any atom is -0.497 e. The van der Waals surface area contributed by atoms with Crippen molar-refractivity contribution in [3.8, 4) is 11.5 Å². The lowest BCUT2D eigenvalue weighted by molar-refractivity contribution is 0.120. The third kappa shape index (κ3) is 4.31. The van der Waals surface area contributed by atoms with E-state index in [-0.39, 0.29) is 0 Å². The summed E-state index contributed by atoms with van der Waals surface area (Å²) in [6.07, 6.45) is 0. The molecule has 0 N–H and O–H groups in total. The lowest BCUT2D eigenvalue weighted by Crippen LogP contribution is -2.45. The zero-order valence-electron chi connectivity index (χ0n) is 15.2. The van der Waals surface area contributed by atoms with Gasteiger partial charge in [-0.2, -0.15) is 0 Å². The molecule has 0 amide bonds. The molecule has 0 atom stereocenters. The van der Waals surface area contributed by atoms with Gasteiger partial charge in [0.2, 0.25) is 0 Å². The van der Waals surface area contributed by atoms with E-state index >= 15 is 0 Å². The molecule has 2 aromatic carbocycles. The Kier molecular flexibility index (Phi) is 6.06. The fraction of sp³-hybridized carbons (Fsp3) is 0.400. The Bertz CT molecular complexity index is 747. The van der Waals surface area contributed by atoms with E-state index in [9.17, 15) is 8.78 Å². The van der Waals surface area contributed by atoms with E-state index in [4.69, 9.17) is 9.47 Å². The van der Waals surface area contributed by atoms with Crippen LogP contribution in [0.5, 0.6) is 11.5 Å². The van der Waals surface area contributed by atoms with Crippen molar-refractivity contribution in [2.45, 2.75) is 13.1 Å². The summed E-state index contributed by atoms with van der Waals surface area (Å²) in [5.74, 6) is 0.123. The molecule has 0 saturated carbocycles. The summed E-state index contributed by atoms with van der Waals surface area (Å²) < 4.78 is 37.9. The van der Waals surface area contributed by atoms with Gasteiger partial charge in [0.15, 0.2) is 11.6 Å². The topological polar surface area (TPSA) is 24.9 Å². The van der Waals surface area contributed by atoms with Crippen molar-refractivity contribution in [2.75, 3.05) is 40.4 Å². The van der Waals surface area contributed by atoms with Gasteiger partial charge < -0.3 is 9.47 Å². The van der Waals surface area contributed by atoms with Gasteiger partial charge in [0, 0.05) is 50.4 Å². The van der Waals surface area contributed by atoms with Crippen molar-refractivity contribution in [3.63, 3.8) is 0 Å². The number of hydrogen-bond donors (Lipinski definition) is 0. The van der Waals surface area contributed by atoms with Gasteiger partial charge in [-0.05, 0) is 24.3 Å². The number of hydrogen-bond acceptors (Lipinski definition) is 4. The largest absolute Gasteiger partial charge is 0.497 e. The standard InChI is InChI=1S/C20H24F2N2O2/c1-25-17-6-7-19(26-2)16(12-17)14-24-10-8-23(9-11-24)13-15-4-3-5-18(21)20(15)22/h3-7,12H,8-11,13-14H2,1-2H3. The van der Waals surface area contributed by atoms with Gasteiger partial charge in [-0.3, -0.25) is 9.80 Å². The maximum atomic E-state index is 13.8. The molecule has 0 aromatic heterocycles. The number of methoxy groups -OCH3 is 2. The number of ether oxygens (including phenoxy) is 2. The Balaban J connectivity index is 1.58. The number of rotatable bonds is 6. The van der Waals surface area contributed by atoms with Gasteiger partial charge in [-0.25, -0.2) is 8.78 Å². The van der Waals surface area contributed by atoms with E-state index in [1.54, 1.807) is 26.4 Å². The lowest BCUT2D eigenvalue weighted by atomic mass is 10.1. The molecule has 2 aromatic rings. The molecule has 1 aliphatic rings. The maximum absolute atomic E-state index is 13.8. The Labute approximate surface area is 152 Å². The molecule has 0 radical (unpaired) electrons. The SMILES string of the molecule is COc1ccc(OC)c(CN2CCN(Cc3cccc(F)c3F)CC2)c1. The molecule has 3 rings (SSSR count). The van der Waals surface area contributed by atoms with Gasteiger partial charge in [-0.1, -0.05) is 12.1 Å². The molecule has 0 unspecified atom stereocenters. The lowest BCUT2D eigenvalue weighted by Gasteiger charge is -2.35. The van der Waals surface area contributed by atoms with Crippen LogP contribution in [-0.4, -0.2) is 50.2 Å². The zero-order valence-corrected chi connectivity index (χ0v) is 15.2. The molecular formula is C20H24F2N2O2. The van der Waals surface area contributed by atoms with Crippen LogP contribution in [0.15, 0.2) is 36.4 Å². The van der Waals surface area contributed by atoms with Gasteiger partial charge >= 0.3 is 0 Å². The molecule has 1 aliphatic heterocycles. The van der Waals surface area contributed by atoms with Crippen LogP contribution in [0.2, 0.25) is 0 Å². The van der Waals surface area contributed by atoms with Crippen LogP contribution in [0.1, 0.15) is 11.1 Å². The van der Waals surface area contributed by atoms with Crippen LogP contribution < -0.4 is 9.47 Å². The smallest absolute Gasteiger partial charge is 0.163 e. The molecule has 140 valence electrons. The Morgan fingerprint density at radius 2 is 1.50 bits per heavy atom. The first-order chi connectivity index (χ1) is 12.6. The van der Waals surface area contributed by atoms with Crippen molar-refractivity contribution >= 4 is 0 Å². The van der Waals surface area contributed by atoms with Crippen LogP contribution in [0.4, 0.5) is 8.78 Å². The van der Waals surface area contributed by atoms with Crippen molar-refractivity contribution in [3.05, 3.63) is 59.2 Å². The van der Waals surface area contributed by atoms with E-state index in [0.717, 1.165) is 55.9 Å². The van der Waals surface area contributed by atoms with Crippen LogP contribution in [0, 0.1) is 11.6 Å². The molecule has 1 saturated heterocycles. The highest BCUT2D eigenvalue weighted by atomic mass is 19.2. The second-order valence-electron chi connectivity index (χ2n) is 6.44. The molecular weight excluding hydrogens is 338 g/mol. The minimum atomic E-state index is -0.786. The molecule has 1 heterocycles. The highest BCUT2D eigenvalue weighted by molar-refractivity contribution is 5.40. The fourth-order valence-corrected chi connectivity index (χ4v) is 3.26. The van der Waals surface area contributed by atoms with Crippen molar-refractivity contribution in [1.29, 1.82) is 0 Å². The monoisotopic (exact) mass is 362 g/mol. The predicted molar refractivity (Wildman–Crippen MR) is 96.5 cm³/mol. The fourth-order valence-electron chi connectivity index (χ4n) is 3.26. The second-order valence-corrected chi connectivity index (χ2v) is 6.44. The predicted octanol–water partition coefficient (Wildman–Crippen LogP) is 3.30. The minimum absolute atomic E-state index is 0.410. The molecule has 0 spiro atoms. The second kappa shape index (κ2) is 8.47. The van der Waals surface area contributed by atoms with Crippen LogP contribution in [-0.2, 0) is 13.1 Å². The van der Waals surface area contributed by atoms with Gasteiger partial charge in [-0.15, -0.1) is 0 Å². The van der Waals surface area contributed by atoms with Gasteiger partial charge in [0.1, 0.15) is 11.5 Å². The number of nitrogens with zero attached hydrogens (tertiary/aromatic N) is 2. The van der Waals surface area contributed by atoms with E-state index in [1.807, 2.05) is 18.2 Å². The van der Waals surface area contributed by atoms with Gasteiger partial charge in [0.25, 0.3) is 0 Å². The Hall–Kier alpha value is -2.18. The summed E-state index contributed by atoms with van der Waals surface area (Å²) in [6.45, 7) is 4.53. The van der Waals surface area contributed by atoms with E-state index in [0.29, 0.717) is 12.1 Å². The zero-order chi connectivity index (χ0) is 18.5. The van der Waals surface area contributed by atoms with Crippen LogP contribution in [0.25, 0.3) is 0 Å². The quantitative estimate of drug-likeness (QED) is 0.787. The first kappa shape index (κ1) is 18.6. The number of benzene rings is 2. The van der Waals surface area contributed by atoms with Crippen molar-refractivity contribution < 1.29 is 18.3 Å². The molecule has 1 fully saturated rings. The highest BCUT2D eigenvalue weighted by Crippen LogP contribution is 2.26. The highest BCUT2D eigenvalue weighted by Gasteiger charge is 2.20. The summed E-state index contributed by atoms with van der Waals surface area (Å²) in [7, 11) is 3.31. The average molecular weight is 362 g/mol. The van der Waals surface area contributed by atoms with Gasteiger partial charge in [0.05, 0.1) is 14.2 Å². The molecule has 4 nitrogen and oxygen atoms in total. The van der Waals surface area contributed by atoms with Crippen molar-refractivity contribution in [2.24, 2.45) is 0 Å². The number of piperazine rings is 1. The van der Waals surface area contributed by atoms with Crippen LogP contribution in [0.3, 0.4) is 0 Å². The molecule has 0 bridgehead atoms. The summed E-state index contributed by atoms with van der Waals surface area (Å²) in [5, 5.41) is 0. The third-order valence-corrected chi connectivity index (χ3v) is 4.77. The molecule has 0 aliphatic carbocycles. The molecule has 6 heteroatoms. The van der Waals surface area contributed by atoms with Crippen LogP contribution >= 0.6 is 0 Å². The van der Waals surface area contributed by atoms with E-state index in [2.05, 4.69) is 9.80 Å². The first-order valence-electron chi connectivity index (χ1n) is 8.69. The number of halogens is 2. The van der Waals surface area contributed by atoms with Crippen molar-refractivity contribution in [1.82, 2.24) is 9.80 Å². The Morgan fingerprint density at radius 1 is 0.846 bits per heavy atom.